The average molecular weight is 368 g/mol. The van der Waals surface area contributed by atoms with Gasteiger partial charge >= 0.3 is 11.9 Å². The quantitative estimate of drug-likeness (QED) is 0.452. The van der Waals surface area contributed by atoms with Gasteiger partial charge in [0.05, 0.1) is 27.9 Å². The fourth-order valence-corrected chi connectivity index (χ4v) is 2.76. The number of benzene rings is 2. The molecule has 0 saturated heterocycles. The lowest BCUT2D eigenvalue weighted by Gasteiger charge is -2.17. The second kappa shape index (κ2) is 7.38. The summed E-state index contributed by atoms with van der Waals surface area (Å²) in [5.41, 5.74) is 0.134. The second-order valence-corrected chi connectivity index (χ2v) is 5.77. The maximum Gasteiger partial charge on any atom is 0.340 e. The van der Waals surface area contributed by atoms with Crippen LogP contribution in [0.5, 0.6) is 0 Å². The van der Waals surface area contributed by atoms with Gasteiger partial charge in [0.15, 0.2) is 0 Å². The molecular formula is C19H16N2O6. The van der Waals surface area contributed by atoms with E-state index in [0.29, 0.717) is 6.54 Å². The van der Waals surface area contributed by atoms with Crippen molar-refractivity contribution in [2.75, 3.05) is 25.1 Å². The Kier molecular flexibility index (Phi) is 5.00. The van der Waals surface area contributed by atoms with Gasteiger partial charge in [0.1, 0.15) is 6.61 Å². The minimum absolute atomic E-state index is 0.0155. The molecule has 0 atom stereocenters. The minimum atomic E-state index is -1.20. The van der Waals surface area contributed by atoms with Crippen molar-refractivity contribution in [2.45, 2.75) is 0 Å². The molecule has 2 aromatic rings. The van der Waals surface area contributed by atoms with Crippen LogP contribution in [-0.2, 0) is 4.74 Å². The van der Waals surface area contributed by atoms with Crippen LogP contribution in [0, 0.1) is 0 Å². The lowest BCUT2D eigenvalue weighted by atomic mass is 10.1. The Morgan fingerprint density at radius 1 is 1.07 bits per heavy atom. The third kappa shape index (κ3) is 3.30. The number of amides is 2. The smallest absolute Gasteiger partial charge is 0.340 e. The highest BCUT2D eigenvalue weighted by Gasteiger charge is 2.39. The zero-order chi connectivity index (χ0) is 19.6. The van der Waals surface area contributed by atoms with Crippen LogP contribution in [0.1, 0.15) is 41.4 Å². The van der Waals surface area contributed by atoms with Gasteiger partial charge in [0, 0.05) is 6.54 Å². The van der Waals surface area contributed by atoms with Crippen molar-refractivity contribution in [1.29, 1.82) is 0 Å². The van der Waals surface area contributed by atoms with Crippen molar-refractivity contribution in [1.82, 2.24) is 5.32 Å². The van der Waals surface area contributed by atoms with Gasteiger partial charge in [-0.3, -0.25) is 9.59 Å². The molecule has 8 heteroatoms. The number of aromatic carboxylic acids is 1. The molecule has 8 nitrogen and oxygen atoms in total. The maximum atomic E-state index is 12.8. The molecule has 1 heterocycles. The summed E-state index contributed by atoms with van der Waals surface area (Å²) in [6.07, 6.45) is 0. The highest BCUT2D eigenvalue weighted by molar-refractivity contribution is 6.35. The predicted octanol–water partition coefficient (Wildman–Crippen LogP) is 1.56. The molecule has 0 spiro atoms. The lowest BCUT2D eigenvalue weighted by Crippen LogP contribution is -2.31. The predicted molar refractivity (Wildman–Crippen MR) is 95.2 cm³/mol. The number of carboxylic acids is 1. The van der Waals surface area contributed by atoms with Crippen molar-refractivity contribution < 1.29 is 29.0 Å². The minimum Gasteiger partial charge on any atom is -0.478 e. The summed E-state index contributed by atoms with van der Waals surface area (Å²) < 4.78 is 5.14. The van der Waals surface area contributed by atoms with Crippen molar-refractivity contribution in [3.8, 4) is 0 Å². The first-order valence-corrected chi connectivity index (χ1v) is 8.12. The highest BCUT2D eigenvalue weighted by Crippen LogP contribution is 2.31. The Morgan fingerprint density at radius 2 is 1.78 bits per heavy atom. The number of likely N-dealkylation sites (N-methyl/N-ethyl adjacent to an activating group) is 1. The first-order valence-electron chi connectivity index (χ1n) is 8.12. The lowest BCUT2D eigenvalue weighted by molar-refractivity contribution is 0.0511. The van der Waals surface area contributed by atoms with Crippen LogP contribution in [-0.4, -0.2) is 49.1 Å². The molecule has 2 aromatic carbocycles. The standard InChI is InChI=1S/C19H16N2O6/c1-20-8-9-27-19(26)13-4-2-3-5-15(13)21-16(22)12-7-6-11(18(24)25)10-14(12)17(21)23/h2-7,10,20H,8-9H2,1H3,(H,24,25). The summed E-state index contributed by atoms with van der Waals surface area (Å²) in [6, 6.07) is 9.83. The molecule has 0 unspecified atom stereocenters. The van der Waals surface area contributed by atoms with Gasteiger partial charge in [-0.2, -0.15) is 0 Å². The first kappa shape index (κ1) is 18.3. The van der Waals surface area contributed by atoms with Crippen LogP contribution in [0.15, 0.2) is 42.5 Å². The number of carbonyl (C=O) groups excluding carboxylic acids is 3. The van der Waals surface area contributed by atoms with Gasteiger partial charge in [-0.25, -0.2) is 14.5 Å². The number of para-hydroxylation sites is 1. The first-order chi connectivity index (χ1) is 13.0. The van der Waals surface area contributed by atoms with Gasteiger partial charge in [-0.1, -0.05) is 12.1 Å². The number of ether oxygens (including phenoxy) is 1. The summed E-state index contributed by atoms with van der Waals surface area (Å²) in [5.74, 6) is -3.18. The van der Waals surface area contributed by atoms with E-state index in [1.54, 1.807) is 19.2 Å². The fourth-order valence-electron chi connectivity index (χ4n) is 2.76. The summed E-state index contributed by atoms with van der Waals surface area (Å²) >= 11 is 0. The summed E-state index contributed by atoms with van der Waals surface area (Å²) in [6.45, 7) is 0.590. The van der Waals surface area contributed by atoms with E-state index in [2.05, 4.69) is 5.32 Å². The number of carboxylic acid groups (broad SMARTS) is 1. The number of anilines is 1. The Hall–Kier alpha value is -3.52. The van der Waals surface area contributed by atoms with Gasteiger partial charge in [0.2, 0.25) is 0 Å². The molecule has 2 amide bonds. The van der Waals surface area contributed by atoms with E-state index in [1.165, 1.54) is 24.3 Å². The number of hydrogen-bond acceptors (Lipinski definition) is 6. The van der Waals surface area contributed by atoms with Crippen molar-refractivity contribution in [3.05, 3.63) is 64.7 Å². The fraction of sp³-hybridized carbons (Fsp3) is 0.158. The third-order valence-corrected chi connectivity index (χ3v) is 4.08. The SMILES string of the molecule is CNCCOC(=O)c1ccccc1N1C(=O)c2ccc(C(=O)O)cc2C1=O. The molecule has 0 radical (unpaired) electrons. The van der Waals surface area contributed by atoms with E-state index in [-0.39, 0.29) is 34.5 Å². The molecule has 0 fully saturated rings. The topological polar surface area (TPSA) is 113 Å². The summed E-state index contributed by atoms with van der Waals surface area (Å²) in [4.78, 5) is 49.8. The van der Waals surface area contributed by atoms with E-state index >= 15 is 0 Å². The van der Waals surface area contributed by atoms with E-state index in [9.17, 15) is 19.2 Å². The van der Waals surface area contributed by atoms with Crippen LogP contribution >= 0.6 is 0 Å². The molecule has 0 saturated carbocycles. The van der Waals surface area contributed by atoms with Crippen LogP contribution in [0.4, 0.5) is 5.69 Å². The number of rotatable bonds is 6. The Labute approximate surface area is 154 Å². The van der Waals surface area contributed by atoms with Crippen molar-refractivity contribution >= 4 is 29.4 Å². The van der Waals surface area contributed by atoms with E-state index in [0.717, 1.165) is 11.0 Å². The molecule has 1 aliphatic heterocycles. The third-order valence-electron chi connectivity index (χ3n) is 4.08. The highest BCUT2D eigenvalue weighted by atomic mass is 16.5. The van der Waals surface area contributed by atoms with E-state index in [1.807, 2.05) is 0 Å². The van der Waals surface area contributed by atoms with Gasteiger partial charge in [0.25, 0.3) is 11.8 Å². The molecule has 0 aliphatic carbocycles. The molecule has 0 bridgehead atoms. The van der Waals surface area contributed by atoms with Crippen LogP contribution in [0.3, 0.4) is 0 Å². The molecule has 138 valence electrons. The van der Waals surface area contributed by atoms with Crippen molar-refractivity contribution in [2.24, 2.45) is 0 Å². The number of imide groups is 1. The summed E-state index contributed by atoms with van der Waals surface area (Å²) in [7, 11) is 1.71. The number of carbonyl (C=O) groups is 4. The zero-order valence-electron chi connectivity index (χ0n) is 14.4. The molecule has 27 heavy (non-hydrogen) atoms. The normalized spacial score (nSPS) is 12.9. The average Bonchev–Trinajstić information content (AvgIpc) is 2.92. The number of nitrogens with one attached hydrogen (secondary N) is 1. The van der Waals surface area contributed by atoms with Crippen LogP contribution in [0.2, 0.25) is 0 Å². The van der Waals surface area contributed by atoms with Crippen LogP contribution in [0.25, 0.3) is 0 Å². The molecular weight excluding hydrogens is 352 g/mol. The Bertz CT molecular complexity index is 953. The number of nitrogens with zero attached hydrogens (tertiary/aromatic N) is 1. The second-order valence-electron chi connectivity index (χ2n) is 5.77. The largest absolute Gasteiger partial charge is 0.478 e. The number of esters is 1. The van der Waals surface area contributed by atoms with Crippen LogP contribution < -0.4 is 10.2 Å². The molecule has 3 rings (SSSR count). The Balaban J connectivity index is 1.98. The van der Waals surface area contributed by atoms with E-state index in [4.69, 9.17) is 9.84 Å². The summed E-state index contributed by atoms with van der Waals surface area (Å²) in [5, 5.41) is 11.9. The van der Waals surface area contributed by atoms with Gasteiger partial charge in [-0.15, -0.1) is 0 Å². The van der Waals surface area contributed by atoms with Crippen molar-refractivity contribution in [3.63, 3.8) is 0 Å². The number of hydrogen-bond donors (Lipinski definition) is 2. The monoisotopic (exact) mass is 368 g/mol. The maximum absolute atomic E-state index is 12.8. The van der Waals surface area contributed by atoms with Gasteiger partial charge in [-0.05, 0) is 37.4 Å². The molecule has 0 aromatic heterocycles. The molecule has 1 aliphatic rings. The zero-order valence-corrected chi connectivity index (χ0v) is 14.4. The number of fused-ring (bicyclic) bond motifs is 1. The van der Waals surface area contributed by atoms with E-state index < -0.39 is 23.8 Å². The molecule has 2 N–H and O–H groups in total. The van der Waals surface area contributed by atoms with Gasteiger partial charge < -0.3 is 15.2 Å². The Morgan fingerprint density at radius 3 is 2.48 bits per heavy atom.